The Morgan fingerprint density at radius 1 is 1.04 bits per heavy atom. The molecule has 0 atom stereocenters. The summed E-state index contributed by atoms with van der Waals surface area (Å²) in [5.41, 5.74) is 5.95. The van der Waals surface area contributed by atoms with E-state index in [1.165, 1.54) is 5.56 Å². The summed E-state index contributed by atoms with van der Waals surface area (Å²) in [4.78, 5) is 4.58. The summed E-state index contributed by atoms with van der Waals surface area (Å²) in [5.74, 6) is 0. The first-order valence-electron chi connectivity index (χ1n) is 7.48. The Bertz CT molecular complexity index is 864. The highest BCUT2D eigenvalue weighted by Gasteiger charge is 2.12. The number of hydrogen-bond donors (Lipinski definition) is 0. The van der Waals surface area contributed by atoms with Gasteiger partial charge in [0.05, 0.1) is 22.6 Å². The summed E-state index contributed by atoms with van der Waals surface area (Å²) in [6.45, 7) is 6.07. The first-order valence-corrected chi connectivity index (χ1v) is 7.86. The third-order valence-corrected chi connectivity index (χ3v) is 4.10. The molecule has 0 spiro atoms. The highest BCUT2D eigenvalue weighted by atomic mass is 35.5. The van der Waals surface area contributed by atoms with E-state index in [4.69, 9.17) is 11.6 Å². The first-order chi connectivity index (χ1) is 11.1. The van der Waals surface area contributed by atoms with Gasteiger partial charge in [-0.15, -0.1) is 0 Å². The fourth-order valence-electron chi connectivity index (χ4n) is 2.48. The molecule has 0 aliphatic rings. The van der Waals surface area contributed by atoms with Gasteiger partial charge in [0.2, 0.25) is 0 Å². The molecular formula is C19H18ClN3. The van der Waals surface area contributed by atoms with Crippen LogP contribution in [0.25, 0.3) is 5.69 Å². The van der Waals surface area contributed by atoms with Gasteiger partial charge in [0.1, 0.15) is 5.15 Å². The van der Waals surface area contributed by atoms with Crippen LogP contribution < -0.4 is 0 Å². The van der Waals surface area contributed by atoms with E-state index in [9.17, 15) is 0 Å². The zero-order chi connectivity index (χ0) is 16.4. The summed E-state index contributed by atoms with van der Waals surface area (Å²) in [6, 6.07) is 16.0. The standard InChI is InChI=1S/C19H18ClN3/c1-13-9-10-18(14(2)11-13)21-12-17-15(3)22-23(19(17)20)16-7-5-4-6-8-16/h4-12H,1-3H3. The van der Waals surface area contributed by atoms with Crippen molar-refractivity contribution < 1.29 is 0 Å². The highest BCUT2D eigenvalue weighted by molar-refractivity contribution is 6.32. The summed E-state index contributed by atoms with van der Waals surface area (Å²) in [5, 5.41) is 5.09. The molecule has 0 aliphatic heterocycles. The molecule has 0 fully saturated rings. The largest absolute Gasteiger partial charge is 0.256 e. The monoisotopic (exact) mass is 323 g/mol. The quantitative estimate of drug-likeness (QED) is 0.609. The summed E-state index contributed by atoms with van der Waals surface area (Å²) < 4.78 is 1.74. The summed E-state index contributed by atoms with van der Waals surface area (Å²) >= 11 is 6.50. The van der Waals surface area contributed by atoms with Gasteiger partial charge in [0.15, 0.2) is 0 Å². The number of aryl methyl sites for hydroxylation is 3. The van der Waals surface area contributed by atoms with Crippen molar-refractivity contribution in [3.8, 4) is 5.69 Å². The Balaban J connectivity index is 1.98. The number of aromatic nitrogens is 2. The fourth-order valence-corrected chi connectivity index (χ4v) is 2.80. The van der Waals surface area contributed by atoms with Crippen LogP contribution in [0.4, 0.5) is 5.69 Å². The molecule has 1 heterocycles. The van der Waals surface area contributed by atoms with Crippen LogP contribution >= 0.6 is 11.6 Å². The third kappa shape index (κ3) is 3.20. The van der Waals surface area contributed by atoms with E-state index in [1.54, 1.807) is 10.9 Å². The molecule has 23 heavy (non-hydrogen) atoms. The second kappa shape index (κ2) is 6.39. The van der Waals surface area contributed by atoms with Crippen LogP contribution in [0.5, 0.6) is 0 Å². The SMILES string of the molecule is Cc1ccc(N=Cc2c(C)nn(-c3ccccc3)c2Cl)c(C)c1. The van der Waals surface area contributed by atoms with Crippen LogP contribution in [0.2, 0.25) is 5.15 Å². The Hall–Kier alpha value is -2.39. The van der Waals surface area contributed by atoms with Gasteiger partial charge in [-0.05, 0) is 44.5 Å². The molecule has 0 N–H and O–H groups in total. The third-order valence-electron chi connectivity index (χ3n) is 3.73. The minimum atomic E-state index is 0.571. The molecule has 3 nitrogen and oxygen atoms in total. The van der Waals surface area contributed by atoms with E-state index in [2.05, 4.69) is 36.1 Å². The molecule has 0 aliphatic carbocycles. The van der Waals surface area contributed by atoms with Crippen molar-refractivity contribution in [2.45, 2.75) is 20.8 Å². The lowest BCUT2D eigenvalue weighted by molar-refractivity contribution is 0.863. The Morgan fingerprint density at radius 3 is 2.48 bits per heavy atom. The maximum Gasteiger partial charge on any atom is 0.141 e. The van der Waals surface area contributed by atoms with Crippen molar-refractivity contribution in [1.82, 2.24) is 9.78 Å². The Labute approximate surface area is 141 Å². The predicted octanol–water partition coefficient (Wildman–Crippen LogP) is 5.20. The number of para-hydroxylation sites is 1. The lowest BCUT2D eigenvalue weighted by Crippen LogP contribution is -1.96. The zero-order valence-electron chi connectivity index (χ0n) is 13.4. The predicted molar refractivity (Wildman–Crippen MR) is 96.5 cm³/mol. The van der Waals surface area contributed by atoms with E-state index >= 15 is 0 Å². The lowest BCUT2D eigenvalue weighted by Gasteiger charge is -2.02. The van der Waals surface area contributed by atoms with Crippen molar-refractivity contribution in [1.29, 1.82) is 0 Å². The second-order valence-electron chi connectivity index (χ2n) is 5.59. The van der Waals surface area contributed by atoms with Gasteiger partial charge in [0, 0.05) is 6.21 Å². The van der Waals surface area contributed by atoms with Gasteiger partial charge >= 0.3 is 0 Å². The van der Waals surface area contributed by atoms with Gasteiger partial charge in [-0.25, -0.2) is 4.68 Å². The smallest absolute Gasteiger partial charge is 0.141 e. The normalized spacial score (nSPS) is 11.3. The van der Waals surface area contributed by atoms with Crippen LogP contribution in [0.15, 0.2) is 53.5 Å². The molecule has 2 aromatic carbocycles. The molecule has 3 aromatic rings. The average Bonchev–Trinajstić information content (AvgIpc) is 2.82. The molecule has 0 saturated heterocycles. The van der Waals surface area contributed by atoms with Crippen LogP contribution in [-0.4, -0.2) is 16.0 Å². The van der Waals surface area contributed by atoms with Crippen LogP contribution in [-0.2, 0) is 0 Å². The number of hydrogen-bond acceptors (Lipinski definition) is 2. The molecule has 0 radical (unpaired) electrons. The van der Waals surface area contributed by atoms with E-state index < -0.39 is 0 Å². The highest BCUT2D eigenvalue weighted by Crippen LogP contribution is 2.24. The van der Waals surface area contributed by atoms with Crippen molar-refractivity contribution in [2.75, 3.05) is 0 Å². The van der Waals surface area contributed by atoms with Crippen LogP contribution in [0.3, 0.4) is 0 Å². The van der Waals surface area contributed by atoms with Gasteiger partial charge in [-0.2, -0.15) is 5.10 Å². The van der Waals surface area contributed by atoms with Crippen molar-refractivity contribution >= 4 is 23.5 Å². The van der Waals surface area contributed by atoms with E-state index in [0.717, 1.165) is 28.2 Å². The Kier molecular flexibility index (Phi) is 4.30. The molecule has 0 bridgehead atoms. The molecule has 0 saturated carbocycles. The maximum atomic E-state index is 6.50. The molecular weight excluding hydrogens is 306 g/mol. The minimum absolute atomic E-state index is 0.571. The number of benzene rings is 2. The van der Waals surface area contributed by atoms with Crippen LogP contribution in [0.1, 0.15) is 22.4 Å². The van der Waals surface area contributed by atoms with E-state index in [1.807, 2.05) is 43.3 Å². The second-order valence-corrected chi connectivity index (χ2v) is 5.94. The fraction of sp³-hybridized carbons (Fsp3) is 0.158. The number of halogens is 1. The van der Waals surface area contributed by atoms with Gasteiger partial charge in [0.25, 0.3) is 0 Å². The minimum Gasteiger partial charge on any atom is -0.256 e. The summed E-state index contributed by atoms with van der Waals surface area (Å²) in [6.07, 6.45) is 1.79. The molecule has 3 rings (SSSR count). The van der Waals surface area contributed by atoms with Crippen LogP contribution in [0, 0.1) is 20.8 Å². The van der Waals surface area contributed by atoms with Gasteiger partial charge < -0.3 is 0 Å². The first kappa shape index (κ1) is 15.5. The number of aliphatic imine (C=N–C) groups is 1. The van der Waals surface area contributed by atoms with Crippen molar-refractivity contribution in [3.05, 3.63) is 76.1 Å². The van der Waals surface area contributed by atoms with Gasteiger partial charge in [-0.3, -0.25) is 4.99 Å². The lowest BCUT2D eigenvalue weighted by atomic mass is 10.1. The number of rotatable bonds is 3. The summed E-state index contributed by atoms with van der Waals surface area (Å²) in [7, 11) is 0. The topological polar surface area (TPSA) is 30.2 Å². The van der Waals surface area contributed by atoms with E-state index in [-0.39, 0.29) is 0 Å². The zero-order valence-corrected chi connectivity index (χ0v) is 14.2. The Morgan fingerprint density at radius 2 is 1.78 bits per heavy atom. The molecule has 4 heteroatoms. The number of nitrogens with zero attached hydrogens (tertiary/aromatic N) is 3. The van der Waals surface area contributed by atoms with Crippen molar-refractivity contribution in [2.24, 2.45) is 4.99 Å². The molecule has 1 aromatic heterocycles. The molecule has 116 valence electrons. The maximum absolute atomic E-state index is 6.50. The van der Waals surface area contributed by atoms with Gasteiger partial charge in [-0.1, -0.05) is 47.5 Å². The van der Waals surface area contributed by atoms with E-state index in [0.29, 0.717) is 5.15 Å². The average molecular weight is 324 g/mol. The molecule has 0 amide bonds. The van der Waals surface area contributed by atoms with Crippen molar-refractivity contribution in [3.63, 3.8) is 0 Å². The molecule has 0 unspecified atom stereocenters.